The molecule has 6 heteroatoms. The van der Waals surface area contributed by atoms with E-state index in [1.54, 1.807) is 0 Å². The van der Waals surface area contributed by atoms with Crippen LogP contribution < -0.4 is 5.73 Å². The van der Waals surface area contributed by atoms with Crippen molar-refractivity contribution in [3.63, 3.8) is 0 Å². The van der Waals surface area contributed by atoms with Gasteiger partial charge >= 0.3 is 0 Å². The second kappa shape index (κ2) is 7.53. The van der Waals surface area contributed by atoms with Crippen molar-refractivity contribution in [3.8, 4) is 5.69 Å². The van der Waals surface area contributed by atoms with E-state index in [0.29, 0.717) is 11.6 Å². The van der Waals surface area contributed by atoms with Crippen LogP contribution in [0.25, 0.3) is 5.69 Å². The third kappa shape index (κ3) is 4.09. The number of hydrogen-bond acceptors (Lipinski definition) is 4. The zero-order valence-corrected chi connectivity index (χ0v) is 15.1. The molecule has 0 saturated carbocycles. The van der Waals surface area contributed by atoms with Crippen molar-refractivity contribution >= 4 is 17.7 Å². The van der Waals surface area contributed by atoms with Gasteiger partial charge in [0.15, 0.2) is 5.16 Å². The van der Waals surface area contributed by atoms with E-state index in [4.69, 9.17) is 5.73 Å². The fourth-order valence-electron chi connectivity index (χ4n) is 2.72. The van der Waals surface area contributed by atoms with Gasteiger partial charge in [-0.05, 0) is 31.0 Å². The normalized spacial score (nSPS) is 10.8. The van der Waals surface area contributed by atoms with Crippen molar-refractivity contribution in [2.45, 2.75) is 25.4 Å². The largest absolute Gasteiger partial charge is 0.369 e. The Morgan fingerprint density at radius 3 is 2.56 bits per heavy atom. The molecule has 128 valence electrons. The van der Waals surface area contributed by atoms with Crippen LogP contribution in [-0.2, 0) is 11.2 Å². The van der Waals surface area contributed by atoms with Crippen LogP contribution in [0.4, 0.5) is 0 Å². The zero-order valence-electron chi connectivity index (χ0n) is 14.3. The maximum absolute atomic E-state index is 11.2. The molecule has 0 fully saturated rings. The molecule has 3 rings (SSSR count). The number of benzene rings is 2. The van der Waals surface area contributed by atoms with Crippen LogP contribution in [0.1, 0.15) is 22.5 Å². The summed E-state index contributed by atoms with van der Waals surface area (Å²) < 4.78 is 2.02. The fraction of sp³-hybridized carbons (Fsp3) is 0.211. The first kappa shape index (κ1) is 17.2. The molecule has 2 N–H and O–H groups in total. The minimum atomic E-state index is -0.371. The number of rotatable bonds is 6. The van der Waals surface area contributed by atoms with Gasteiger partial charge in [0.05, 0.1) is 11.4 Å². The van der Waals surface area contributed by atoms with Crippen molar-refractivity contribution in [1.82, 2.24) is 14.8 Å². The number of aryl methyl sites for hydroxylation is 2. The predicted octanol–water partition coefficient (Wildman–Crippen LogP) is 3.05. The zero-order chi connectivity index (χ0) is 17.8. The summed E-state index contributed by atoms with van der Waals surface area (Å²) in [7, 11) is 0. The molecule has 2 aromatic carbocycles. The topological polar surface area (TPSA) is 73.8 Å². The standard InChI is InChI=1S/C19H20N4OS/c1-13-8-9-16(14(2)10-13)23-18(11-15-6-4-3-5-7-15)21-22-19(23)25-12-17(20)24/h3-10H,11-12H2,1-2H3,(H2,20,24). The van der Waals surface area contributed by atoms with E-state index in [9.17, 15) is 4.79 Å². The minimum absolute atomic E-state index is 0.175. The van der Waals surface area contributed by atoms with Gasteiger partial charge in [-0.3, -0.25) is 9.36 Å². The van der Waals surface area contributed by atoms with Crippen LogP contribution in [0, 0.1) is 13.8 Å². The molecule has 0 saturated heterocycles. The van der Waals surface area contributed by atoms with Crippen molar-refractivity contribution < 1.29 is 4.79 Å². The number of nitrogens with two attached hydrogens (primary N) is 1. The number of amides is 1. The predicted molar refractivity (Wildman–Crippen MR) is 100.0 cm³/mol. The molecule has 5 nitrogen and oxygen atoms in total. The van der Waals surface area contributed by atoms with Crippen molar-refractivity contribution in [2.24, 2.45) is 5.73 Å². The summed E-state index contributed by atoms with van der Waals surface area (Å²) >= 11 is 1.31. The van der Waals surface area contributed by atoms with E-state index in [1.165, 1.54) is 17.3 Å². The van der Waals surface area contributed by atoms with E-state index in [1.807, 2.05) is 22.8 Å². The van der Waals surface area contributed by atoms with Gasteiger partial charge < -0.3 is 5.73 Å². The van der Waals surface area contributed by atoms with Gasteiger partial charge in [-0.1, -0.05) is 59.8 Å². The van der Waals surface area contributed by atoms with Gasteiger partial charge in [0.2, 0.25) is 5.91 Å². The molecule has 1 amide bonds. The van der Waals surface area contributed by atoms with Crippen LogP contribution in [0.5, 0.6) is 0 Å². The summed E-state index contributed by atoms with van der Waals surface area (Å²) in [6.45, 7) is 4.13. The van der Waals surface area contributed by atoms with Crippen LogP contribution >= 0.6 is 11.8 Å². The lowest BCUT2D eigenvalue weighted by molar-refractivity contribution is -0.115. The Hall–Kier alpha value is -2.60. The third-order valence-electron chi connectivity index (χ3n) is 3.84. The lowest BCUT2D eigenvalue weighted by atomic mass is 10.1. The van der Waals surface area contributed by atoms with E-state index < -0.39 is 0 Å². The molecule has 0 radical (unpaired) electrons. The van der Waals surface area contributed by atoms with Gasteiger partial charge in [-0.2, -0.15) is 0 Å². The average molecular weight is 352 g/mol. The maximum atomic E-state index is 11.2. The maximum Gasteiger partial charge on any atom is 0.227 e. The highest BCUT2D eigenvalue weighted by Gasteiger charge is 2.17. The Kier molecular flexibility index (Phi) is 5.19. The van der Waals surface area contributed by atoms with Crippen LogP contribution in [0.2, 0.25) is 0 Å². The van der Waals surface area contributed by atoms with Crippen molar-refractivity contribution in [3.05, 3.63) is 71.0 Å². The number of thioether (sulfide) groups is 1. The molecule has 3 aromatic rings. The Balaban J connectivity index is 2.04. The number of primary amides is 1. The molecule has 1 heterocycles. The van der Waals surface area contributed by atoms with E-state index >= 15 is 0 Å². The SMILES string of the molecule is Cc1ccc(-n2c(Cc3ccccc3)nnc2SCC(N)=O)c(C)c1. The molecule has 0 unspecified atom stereocenters. The Morgan fingerprint density at radius 2 is 1.88 bits per heavy atom. The van der Waals surface area contributed by atoms with Crippen LogP contribution in [0.15, 0.2) is 53.7 Å². The smallest absolute Gasteiger partial charge is 0.227 e. The van der Waals surface area contributed by atoms with E-state index in [2.05, 4.69) is 54.4 Å². The van der Waals surface area contributed by atoms with Crippen LogP contribution in [0.3, 0.4) is 0 Å². The van der Waals surface area contributed by atoms with Gasteiger partial charge in [0, 0.05) is 6.42 Å². The number of carbonyl (C=O) groups is 1. The van der Waals surface area contributed by atoms with E-state index in [0.717, 1.165) is 22.6 Å². The second-order valence-corrected chi connectivity index (χ2v) is 6.88. The molecule has 0 aliphatic carbocycles. The lowest BCUT2D eigenvalue weighted by Gasteiger charge is -2.13. The minimum Gasteiger partial charge on any atom is -0.369 e. The summed E-state index contributed by atoms with van der Waals surface area (Å²) in [6, 6.07) is 16.4. The first-order valence-corrected chi connectivity index (χ1v) is 9.00. The number of nitrogens with zero attached hydrogens (tertiary/aromatic N) is 3. The molecule has 0 aliphatic heterocycles. The summed E-state index contributed by atoms with van der Waals surface area (Å²) in [6.07, 6.45) is 0.665. The molecular weight excluding hydrogens is 332 g/mol. The van der Waals surface area contributed by atoms with Crippen LogP contribution in [-0.4, -0.2) is 26.4 Å². The third-order valence-corrected chi connectivity index (χ3v) is 4.79. The summed E-state index contributed by atoms with van der Waals surface area (Å²) in [5, 5.41) is 9.34. The monoisotopic (exact) mass is 352 g/mol. The number of hydrogen-bond donors (Lipinski definition) is 1. The van der Waals surface area contributed by atoms with Crippen molar-refractivity contribution in [2.75, 3.05) is 5.75 Å². The molecular formula is C19H20N4OS. The van der Waals surface area contributed by atoms with Crippen molar-refractivity contribution in [1.29, 1.82) is 0 Å². The molecule has 0 aliphatic rings. The average Bonchev–Trinajstić information content (AvgIpc) is 2.96. The Bertz CT molecular complexity index is 890. The Labute approximate surface area is 151 Å². The second-order valence-electron chi connectivity index (χ2n) is 5.94. The number of carbonyl (C=O) groups excluding carboxylic acids is 1. The highest BCUT2D eigenvalue weighted by atomic mass is 32.2. The van der Waals surface area contributed by atoms with Gasteiger partial charge in [0.1, 0.15) is 5.82 Å². The first-order valence-electron chi connectivity index (χ1n) is 8.01. The molecule has 25 heavy (non-hydrogen) atoms. The van der Waals surface area contributed by atoms with Gasteiger partial charge in [0.25, 0.3) is 0 Å². The summed E-state index contributed by atoms with van der Waals surface area (Å²) in [5.41, 5.74) is 9.81. The Morgan fingerprint density at radius 1 is 1.12 bits per heavy atom. The lowest BCUT2D eigenvalue weighted by Crippen LogP contribution is -2.14. The molecule has 0 spiro atoms. The fourth-order valence-corrected chi connectivity index (χ4v) is 3.42. The van der Waals surface area contributed by atoms with Gasteiger partial charge in [-0.25, -0.2) is 0 Å². The first-order chi connectivity index (χ1) is 12.0. The highest BCUT2D eigenvalue weighted by molar-refractivity contribution is 7.99. The number of aromatic nitrogens is 3. The summed E-state index contributed by atoms with van der Waals surface area (Å²) in [4.78, 5) is 11.2. The molecule has 0 bridgehead atoms. The molecule has 0 atom stereocenters. The molecule has 1 aromatic heterocycles. The highest BCUT2D eigenvalue weighted by Crippen LogP contribution is 2.26. The summed E-state index contributed by atoms with van der Waals surface area (Å²) in [5.74, 6) is 0.642. The van der Waals surface area contributed by atoms with Gasteiger partial charge in [-0.15, -0.1) is 10.2 Å². The van der Waals surface area contributed by atoms with E-state index in [-0.39, 0.29) is 11.7 Å². The quantitative estimate of drug-likeness (QED) is 0.692.